The molecule has 0 aromatic carbocycles. The van der Waals surface area contributed by atoms with Crippen LogP contribution in [0.25, 0.3) is 0 Å². The van der Waals surface area contributed by atoms with Crippen molar-refractivity contribution in [3.63, 3.8) is 0 Å². The van der Waals surface area contributed by atoms with E-state index in [4.69, 9.17) is 14.4 Å². The van der Waals surface area contributed by atoms with E-state index in [-0.39, 0.29) is 28.5 Å². The molecule has 0 aliphatic rings. The van der Waals surface area contributed by atoms with Crippen LogP contribution < -0.4 is 14.8 Å². The maximum absolute atomic E-state index is 8.48. The molecule has 0 aliphatic carbocycles. The Labute approximate surface area is 86.9 Å². The van der Waals surface area contributed by atoms with Gasteiger partial charge in [0.2, 0.25) is 0 Å². The van der Waals surface area contributed by atoms with Crippen molar-refractivity contribution in [1.29, 1.82) is 0 Å². The van der Waals surface area contributed by atoms with Crippen molar-refractivity contribution in [2.75, 3.05) is 0 Å². The molecule has 7 heteroatoms. The molecule has 0 amide bonds. The Morgan fingerprint density at radius 2 is 1.42 bits per heavy atom. The molecule has 0 saturated heterocycles. The number of nitrogens with one attached hydrogen (secondary N) is 1. The molecule has 1 heterocycles. The quantitative estimate of drug-likeness (QED) is 0.368. The average Bonchev–Trinajstić information content (AvgIpc) is 1.90. The Morgan fingerprint density at radius 1 is 1.08 bits per heavy atom. The average molecular weight is 200 g/mol. The molecule has 0 spiro atoms. The predicted octanol–water partition coefficient (Wildman–Crippen LogP) is -1.69. The van der Waals surface area contributed by atoms with Gasteiger partial charge in [-0.2, -0.15) is 0 Å². The molecule has 0 fully saturated rings. The molecular formula is C5H7MgNO4P+. The van der Waals surface area contributed by atoms with Gasteiger partial charge in [-0.1, -0.05) is 10.6 Å². The zero-order valence-electron chi connectivity index (χ0n) is 6.21. The van der Waals surface area contributed by atoms with Gasteiger partial charge in [-0.15, -0.1) is 0 Å². The molecule has 0 atom stereocenters. The monoisotopic (exact) mass is 200 g/mol. The number of H-pyrrole nitrogens is 1. The van der Waals surface area contributed by atoms with E-state index >= 15 is 0 Å². The molecule has 0 unspecified atom stereocenters. The van der Waals surface area contributed by atoms with Crippen molar-refractivity contribution in [2.24, 2.45) is 0 Å². The van der Waals surface area contributed by atoms with Crippen molar-refractivity contribution in [1.82, 2.24) is 0 Å². The van der Waals surface area contributed by atoms with Crippen molar-refractivity contribution < 1.29 is 24.8 Å². The van der Waals surface area contributed by atoms with Crippen molar-refractivity contribution in [3.05, 3.63) is 30.6 Å². The van der Waals surface area contributed by atoms with E-state index in [1.807, 2.05) is 30.6 Å². The molecule has 1 aromatic heterocycles. The van der Waals surface area contributed by atoms with E-state index in [0.29, 0.717) is 0 Å². The standard InChI is InChI=1S/C5H5N.Mg.HO3P.H2O/c1-2-4-6-5-3-1;;1-4(2)3;/h1-5H;;(H,1,2,3);1H2/q;+2;;/p-1. The van der Waals surface area contributed by atoms with Gasteiger partial charge in [0.25, 0.3) is 8.25 Å². The molecule has 1 aromatic rings. The SMILES string of the molecule is O=[P+]([O-])[O-].[Mg+2].[OH-].c1cc[nH+]cc1. The first-order valence-corrected chi connectivity index (χ1v) is 3.55. The smallest absolute Gasteiger partial charge is 0.870 e. The van der Waals surface area contributed by atoms with Crippen LogP contribution in [0.15, 0.2) is 30.6 Å². The van der Waals surface area contributed by atoms with Crippen LogP contribution in [0.2, 0.25) is 0 Å². The van der Waals surface area contributed by atoms with Crippen LogP contribution in [-0.2, 0) is 4.57 Å². The summed E-state index contributed by atoms with van der Waals surface area (Å²) >= 11 is 0. The molecule has 0 bridgehead atoms. The predicted molar refractivity (Wildman–Crippen MR) is 38.3 cm³/mol. The molecular weight excluding hydrogens is 193 g/mol. The normalized spacial score (nSPS) is 6.17. The van der Waals surface area contributed by atoms with Gasteiger partial charge in [0.05, 0.1) is 0 Å². The van der Waals surface area contributed by atoms with Crippen molar-refractivity contribution in [3.8, 4) is 0 Å². The number of hydrogen-bond acceptors (Lipinski definition) is 4. The van der Waals surface area contributed by atoms with Crippen LogP contribution >= 0.6 is 8.25 Å². The topological polar surface area (TPSA) is 107 Å². The van der Waals surface area contributed by atoms with Crippen molar-refractivity contribution >= 4 is 31.3 Å². The Morgan fingerprint density at radius 3 is 1.50 bits per heavy atom. The van der Waals surface area contributed by atoms with Gasteiger partial charge >= 0.3 is 23.1 Å². The van der Waals surface area contributed by atoms with Crippen LogP contribution in [0.1, 0.15) is 0 Å². The molecule has 1 rings (SSSR count). The van der Waals surface area contributed by atoms with E-state index in [2.05, 4.69) is 4.98 Å². The van der Waals surface area contributed by atoms with Crippen LogP contribution in [0, 0.1) is 0 Å². The summed E-state index contributed by atoms with van der Waals surface area (Å²) in [5.74, 6) is 0. The van der Waals surface area contributed by atoms with Gasteiger partial charge in [0.1, 0.15) is 0 Å². The second-order valence-corrected chi connectivity index (χ2v) is 1.75. The summed E-state index contributed by atoms with van der Waals surface area (Å²) in [6, 6.07) is 5.86. The second-order valence-electron chi connectivity index (χ2n) is 1.30. The summed E-state index contributed by atoms with van der Waals surface area (Å²) in [5, 5.41) is 0. The number of hydrogen-bond donors (Lipinski definition) is 0. The molecule has 62 valence electrons. The Balaban J connectivity index is -0.000000124. The third-order valence-corrected chi connectivity index (χ3v) is 0.607. The van der Waals surface area contributed by atoms with Gasteiger partial charge in [-0.3, -0.25) is 0 Å². The van der Waals surface area contributed by atoms with E-state index in [0.717, 1.165) is 0 Å². The molecule has 0 radical (unpaired) electrons. The summed E-state index contributed by atoms with van der Waals surface area (Å²) in [5.41, 5.74) is 0. The summed E-state index contributed by atoms with van der Waals surface area (Å²) in [6.45, 7) is 0. The van der Waals surface area contributed by atoms with E-state index in [1.165, 1.54) is 0 Å². The minimum Gasteiger partial charge on any atom is -0.870 e. The molecule has 0 saturated carbocycles. The first-order valence-electron chi connectivity index (χ1n) is 2.46. The van der Waals surface area contributed by atoms with Crippen LogP contribution in [0.5, 0.6) is 0 Å². The number of aromatic amines is 1. The Bertz CT molecular complexity index is 155. The van der Waals surface area contributed by atoms with Gasteiger partial charge in [-0.25, -0.2) is 4.98 Å². The fourth-order valence-corrected chi connectivity index (χ4v) is 0.342. The number of rotatable bonds is 0. The summed E-state index contributed by atoms with van der Waals surface area (Å²) in [4.78, 5) is 19.9. The largest absolute Gasteiger partial charge is 2.00 e. The maximum atomic E-state index is 8.48. The second kappa shape index (κ2) is 13.5. The first kappa shape index (κ1) is 17.8. The zero-order chi connectivity index (χ0) is 7.82. The van der Waals surface area contributed by atoms with E-state index < -0.39 is 8.25 Å². The fraction of sp³-hybridized carbons (Fsp3) is 0. The summed E-state index contributed by atoms with van der Waals surface area (Å²) in [7, 11) is -3.37. The minimum atomic E-state index is -3.37. The van der Waals surface area contributed by atoms with Gasteiger partial charge in [-0.05, 0) is 0 Å². The zero-order valence-corrected chi connectivity index (χ0v) is 8.52. The fourth-order valence-electron chi connectivity index (χ4n) is 0.342. The van der Waals surface area contributed by atoms with E-state index in [9.17, 15) is 0 Å². The first-order chi connectivity index (χ1) is 4.73. The molecule has 0 aliphatic heterocycles. The van der Waals surface area contributed by atoms with E-state index in [1.54, 1.807) is 0 Å². The van der Waals surface area contributed by atoms with Crippen LogP contribution in [0.4, 0.5) is 0 Å². The molecule has 2 N–H and O–H groups in total. The minimum absolute atomic E-state index is 0. The number of aromatic nitrogens is 1. The summed E-state index contributed by atoms with van der Waals surface area (Å²) < 4.78 is 8.48. The van der Waals surface area contributed by atoms with Gasteiger partial charge in [0, 0.05) is 12.1 Å². The third kappa shape index (κ3) is 22.5. The van der Waals surface area contributed by atoms with Crippen molar-refractivity contribution in [2.45, 2.75) is 0 Å². The molecule has 12 heavy (non-hydrogen) atoms. The van der Waals surface area contributed by atoms with Gasteiger partial charge in [0.15, 0.2) is 12.4 Å². The number of pyridine rings is 1. The third-order valence-electron chi connectivity index (χ3n) is 0.607. The maximum Gasteiger partial charge on any atom is 2.00 e. The Hall–Kier alpha value is -0.104. The van der Waals surface area contributed by atoms with Crippen LogP contribution in [0.3, 0.4) is 0 Å². The van der Waals surface area contributed by atoms with Crippen LogP contribution in [-0.4, -0.2) is 28.5 Å². The molecule has 5 nitrogen and oxygen atoms in total. The Kier molecular flexibility index (Phi) is 20.1. The van der Waals surface area contributed by atoms with Gasteiger partial charge < -0.3 is 15.3 Å². The summed E-state index contributed by atoms with van der Waals surface area (Å²) in [6.07, 6.45) is 3.75.